The first-order valence-corrected chi connectivity index (χ1v) is 8.60. The average molecular weight is 329 g/mol. The Labute approximate surface area is 141 Å². The summed E-state index contributed by atoms with van der Waals surface area (Å²) in [5, 5.41) is 10.7. The van der Waals surface area contributed by atoms with Gasteiger partial charge in [0.05, 0.1) is 4.92 Å². The molecule has 3 rings (SSSR count). The zero-order chi connectivity index (χ0) is 16.9. The number of rotatable bonds is 5. The molecule has 24 heavy (non-hydrogen) atoms. The molecule has 1 unspecified atom stereocenters. The van der Waals surface area contributed by atoms with Gasteiger partial charge in [-0.3, -0.25) is 14.9 Å². The summed E-state index contributed by atoms with van der Waals surface area (Å²) in [7, 11) is 0. The standard InChI is InChI=1S/C18H23N3O3/c22-18-9-4-15(10-13-19-11-2-1-3-12-19)14-20(18)16-5-7-17(8-6-16)21(23)24/h4-9,15H,1-3,10-14H2. The third kappa shape index (κ3) is 4.00. The molecule has 1 saturated heterocycles. The number of amides is 1. The highest BCUT2D eigenvalue weighted by molar-refractivity contribution is 6.02. The van der Waals surface area contributed by atoms with Crippen LogP contribution in [0, 0.1) is 16.0 Å². The van der Waals surface area contributed by atoms with E-state index < -0.39 is 4.92 Å². The van der Waals surface area contributed by atoms with Crippen LogP contribution >= 0.6 is 0 Å². The van der Waals surface area contributed by atoms with Crippen LogP contribution in [-0.4, -0.2) is 41.9 Å². The second-order valence-electron chi connectivity index (χ2n) is 6.53. The van der Waals surface area contributed by atoms with Crippen LogP contribution in [0.15, 0.2) is 36.4 Å². The summed E-state index contributed by atoms with van der Waals surface area (Å²) >= 11 is 0. The van der Waals surface area contributed by atoms with E-state index in [1.165, 1.54) is 44.5 Å². The molecular weight excluding hydrogens is 306 g/mol. The Kier molecular flexibility index (Phi) is 5.25. The normalized spacial score (nSPS) is 21.9. The molecular formula is C18H23N3O3. The van der Waals surface area contributed by atoms with Gasteiger partial charge in [-0.1, -0.05) is 12.5 Å². The number of carbonyl (C=O) groups excluding carboxylic acids is 1. The van der Waals surface area contributed by atoms with Gasteiger partial charge in [0.2, 0.25) is 0 Å². The van der Waals surface area contributed by atoms with Crippen molar-refractivity contribution in [1.29, 1.82) is 0 Å². The summed E-state index contributed by atoms with van der Waals surface area (Å²) in [4.78, 5) is 26.7. The van der Waals surface area contributed by atoms with Gasteiger partial charge in [-0.2, -0.15) is 0 Å². The molecule has 0 saturated carbocycles. The zero-order valence-electron chi connectivity index (χ0n) is 13.8. The summed E-state index contributed by atoms with van der Waals surface area (Å²) in [5.74, 6) is 0.276. The van der Waals surface area contributed by atoms with Gasteiger partial charge in [0.15, 0.2) is 0 Å². The van der Waals surface area contributed by atoms with Gasteiger partial charge in [0.25, 0.3) is 11.6 Å². The van der Waals surface area contributed by atoms with E-state index in [1.54, 1.807) is 23.1 Å². The van der Waals surface area contributed by atoms with Crippen LogP contribution < -0.4 is 4.90 Å². The fraction of sp³-hybridized carbons (Fsp3) is 0.500. The summed E-state index contributed by atoms with van der Waals surface area (Å²) in [6, 6.07) is 6.20. The van der Waals surface area contributed by atoms with Gasteiger partial charge in [-0.05, 0) is 63.0 Å². The van der Waals surface area contributed by atoms with Gasteiger partial charge < -0.3 is 9.80 Å². The van der Waals surface area contributed by atoms with Crippen LogP contribution in [0.2, 0.25) is 0 Å². The fourth-order valence-corrected chi connectivity index (χ4v) is 3.40. The quantitative estimate of drug-likeness (QED) is 0.615. The smallest absolute Gasteiger partial charge is 0.269 e. The summed E-state index contributed by atoms with van der Waals surface area (Å²) < 4.78 is 0. The second kappa shape index (κ2) is 7.57. The summed E-state index contributed by atoms with van der Waals surface area (Å²) in [6.45, 7) is 4.07. The minimum atomic E-state index is -0.427. The van der Waals surface area contributed by atoms with Crippen molar-refractivity contribution < 1.29 is 9.72 Å². The van der Waals surface area contributed by atoms with Crippen molar-refractivity contribution in [3.8, 4) is 0 Å². The number of hydrogen-bond donors (Lipinski definition) is 0. The molecule has 6 heteroatoms. The van der Waals surface area contributed by atoms with E-state index >= 15 is 0 Å². The predicted octanol–water partition coefficient (Wildman–Crippen LogP) is 2.99. The van der Waals surface area contributed by atoms with E-state index in [9.17, 15) is 14.9 Å². The van der Waals surface area contributed by atoms with E-state index in [4.69, 9.17) is 0 Å². The van der Waals surface area contributed by atoms with Gasteiger partial charge >= 0.3 is 0 Å². The Morgan fingerprint density at radius 3 is 2.50 bits per heavy atom. The molecule has 0 bridgehead atoms. The van der Waals surface area contributed by atoms with Crippen molar-refractivity contribution in [3.63, 3.8) is 0 Å². The Balaban J connectivity index is 1.61. The van der Waals surface area contributed by atoms with Crippen molar-refractivity contribution in [2.24, 2.45) is 5.92 Å². The monoisotopic (exact) mass is 329 g/mol. The third-order valence-electron chi connectivity index (χ3n) is 4.83. The largest absolute Gasteiger partial charge is 0.308 e. The van der Waals surface area contributed by atoms with E-state index in [0.717, 1.165) is 18.7 Å². The first kappa shape index (κ1) is 16.6. The topological polar surface area (TPSA) is 66.7 Å². The van der Waals surface area contributed by atoms with Crippen LogP contribution in [0.5, 0.6) is 0 Å². The Hall–Kier alpha value is -2.21. The van der Waals surface area contributed by atoms with Gasteiger partial charge in [-0.15, -0.1) is 0 Å². The van der Waals surface area contributed by atoms with E-state index in [0.29, 0.717) is 12.5 Å². The number of anilines is 1. The molecule has 1 aromatic carbocycles. The van der Waals surface area contributed by atoms with E-state index in [-0.39, 0.29) is 11.6 Å². The molecule has 128 valence electrons. The van der Waals surface area contributed by atoms with Crippen molar-refractivity contribution in [2.75, 3.05) is 31.1 Å². The van der Waals surface area contributed by atoms with E-state index in [1.807, 2.05) is 6.08 Å². The molecule has 2 heterocycles. The minimum absolute atomic E-state index is 0.0420. The third-order valence-corrected chi connectivity index (χ3v) is 4.83. The molecule has 1 fully saturated rings. The average Bonchev–Trinajstić information content (AvgIpc) is 2.62. The highest BCUT2D eigenvalue weighted by atomic mass is 16.6. The molecule has 0 aromatic heterocycles. The maximum absolute atomic E-state index is 12.2. The molecule has 0 aliphatic carbocycles. The number of nitrogens with zero attached hydrogens (tertiary/aromatic N) is 3. The highest BCUT2D eigenvalue weighted by Crippen LogP contribution is 2.24. The molecule has 2 aliphatic heterocycles. The number of carbonyl (C=O) groups is 1. The number of nitro groups is 1. The van der Waals surface area contributed by atoms with Crippen molar-refractivity contribution >= 4 is 17.3 Å². The van der Waals surface area contributed by atoms with Crippen molar-refractivity contribution in [2.45, 2.75) is 25.7 Å². The zero-order valence-corrected chi connectivity index (χ0v) is 13.8. The summed E-state index contributed by atoms with van der Waals surface area (Å²) in [5.41, 5.74) is 0.762. The molecule has 6 nitrogen and oxygen atoms in total. The number of piperidine rings is 1. The Morgan fingerprint density at radius 1 is 1.12 bits per heavy atom. The fourth-order valence-electron chi connectivity index (χ4n) is 3.40. The van der Waals surface area contributed by atoms with Crippen molar-refractivity contribution in [3.05, 3.63) is 46.5 Å². The molecule has 1 aromatic rings. The van der Waals surface area contributed by atoms with E-state index in [2.05, 4.69) is 4.90 Å². The van der Waals surface area contributed by atoms with Crippen LogP contribution in [-0.2, 0) is 4.79 Å². The van der Waals surface area contributed by atoms with Gasteiger partial charge in [0.1, 0.15) is 0 Å². The minimum Gasteiger partial charge on any atom is -0.308 e. The Bertz CT molecular complexity index is 621. The number of likely N-dealkylation sites (tertiary alicyclic amines) is 1. The molecule has 0 radical (unpaired) electrons. The lowest BCUT2D eigenvalue weighted by Crippen LogP contribution is -2.39. The first-order chi connectivity index (χ1) is 11.6. The van der Waals surface area contributed by atoms with Gasteiger partial charge in [-0.25, -0.2) is 0 Å². The number of non-ortho nitro benzene ring substituents is 1. The lowest BCUT2D eigenvalue weighted by molar-refractivity contribution is -0.384. The number of hydrogen-bond acceptors (Lipinski definition) is 4. The lowest BCUT2D eigenvalue weighted by Gasteiger charge is -2.31. The van der Waals surface area contributed by atoms with Crippen molar-refractivity contribution in [1.82, 2.24) is 4.90 Å². The predicted molar refractivity (Wildman–Crippen MR) is 93.0 cm³/mol. The maximum Gasteiger partial charge on any atom is 0.269 e. The number of nitro benzene ring substituents is 1. The van der Waals surface area contributed by atoms with Gasteiger partial charge in [0, 0.05) is 24.4 Å². The molecule has 0 spiro atoms. The van der Waals surface area contributed by atoms with Crippen LogP contribution in [0.1, 0.15) is 25.7 Å². The molecule has 1 amide bonds. The highest BCUT2D eigenvalue weighted by Gasteiger charge is 2.23. The number of benzene rings is 1. The maximum atomic E-state index is 12.2. The molecule has 0 N–H and O–H groups in total. The summed E-state index contributed by atoms with van der Waals surface area (Å²) in [6.07, 6.45) is 8.58. The van der Waals surface area contributed by atoms with Crippen LogP contribution in [0.25, 0.3) is 0 Å². The van der Waals surface area contributed by atoms with Crippen LogP contribution in [0.3, 0.4) is 0 Å². The lowest BCUT2D eigenvalue weighted by atomic mass is 9.99. The SMILES string of the molecule is O=C1C=CC(CCN2CCCCC2)CN1c1ccc([N+](=O)[O-])cc1. The second-order valence-corrected chi connectivity index (χ2v) is 6.53. The molecule has 1 atom stereocenters. The van der Waals surface area contributed by atoms with Crippen LogP contribution in [0.4, 0.5) is 11.4 Å². The Morgan fingerprint density at radius 2 is 1.83 bits per heavy atom. The molecule has 2 aliphatic rings. The first-order valence-electron chi connectivity index (χ1n) is 8.60.